The molecule has 2 saturated heterocycles. The number of piperazine rings is 1. The van der Waals surface area contributed by atoms with Gasteiger partial charge in [0.15, 0.2) is 5.82 Å². The minimum atomic E-state index is -0.193. The van der Waals surface area contributed by atoms with Crippen LogP contribution in [0.15, 0.2) is 47.7 Å². The SMILES string of the molecule is O=C(Cn1cnc2ccccc2c1=O)N1CCN(c2cnnc(N3CCOCC3)c2)CC1. The van der Waals surface area contributed by atoms with Gasteiger partial charge >= 0.3 is 0 Å². The fourth-order valence-electron chi connectivity index (χ4n) is 4.14. The van der Waals surface area contributed by atoms with Crippen molar-refractivity contribution in [2.75, 3.05) is 62.3 Å². The molecule has 2 aliphatic heterocycles. The summed E-state index contributed by atoms with van der Waals surface area (Å²) in [5.74, 6) is 0.776. The van der Waals surface area contributed by atoms with Crippen molar-refractivity contribution in [1.82, 2.24) is 24.6 Å². The highest BCUT2D eigenvalue weighted by molar-refractivity contribution is 5.79. The van der Waals surface area contributed by atoms with E-state index in [0.29, 0.717) is 50.3 Å². The number of hydrogen-bond donors (Lipinski definition) is 0. The van der Waals surface area contributed by atoms with Crippen LogP contribution in [0.4, 0.5) is 11.5 Å². The Bertz CT molecular complexity index is 1170. The summed E-state index contributed by atoms with van der Waals surface area (Å²) in [6.45, 7) is 5.58. The van der Waals surface area contributed by atoms with E-state index in [-0.39, 0.29) is 18.0 Å². The van der Waals surface area contributed by atoms with Gasteiger partial charge in [-0.1, -0.05) is 12.1 Å². The lowest BCUT2D eigenvalue weighted by molar-refractivity contribution is -0.132. The zero-order chi connectivity index (χ0) is 21.9. The number of nitrogens with zero attached hydrogens (tertiary/aromatic N) is 7. The number of benzene rings is 1. The van der Waals surface area contributed by atoms with E-state index in [1.54, 1.807) is 29.3 Å². The zero-order valence-corrected chi connectivity index (χ0v) is 17.8. The molecule has 2 fully saturated rings. The maximum Gasteiger partial charge on any atom is 0.261 e. The summed E-state index contributed by atoms with van der Waals surface area (Å²) < 4.78 is 6.80. The van der Waals surface area contributed by atoms with Crippen LogP contribution in [0.1, 0.15) is 0 Å². The number of amides is 1. The first-order chi connectivity index (χ1) is 15.7. The van der Waals surface area contributed by atoms with E-state index in [1.165, 1.54) is 10.9 Å². The molecule has 10 heteroatoms. The molecule has 0 bridgehead atoms. The molecule has 2 aliphatic rings. The van der Waals surface area contributed by atoms with Crippen molar-refractivity contribution in [2.24, 2.45) is 0 Å². The number of anilines is 2. The lowest BCUT2D eigenvalue weighted by Gasteiger charge is -2.36. The Morgan fingerprint density at radius 2 is 1.78 bits per heavy atom. The van der Waals surface area contributed by atoms with E-state index in [2.05, 4.69) is 31.0 Å². The number of rotatable bonds is 4. The maximum absolute atomic E-state index is 12.8. The highest BCUT2D eigenvalue weighted by Crippen LogP contribution is 2.21. The third-order valence-electron chi connectivity index (χ3n) is 6.00. The number of ether oxygens (including phenoxy) is 1. The predicted octanol–water partition coefficient (Wildman–Crippen LogP) is 0.372. The van der Waals surface area contributed by atoms with Crippen LogP contribution in [-0.4, -0.2) is 83.0 Å². The Morgan fingerprint density at radius 3 is 2.59 bits per heavy atom. The normalized spacial score (nSPS) is 17.1. The van der Waals surface area contributed by atoms with Crippen molar-refractivity contribution in [3.8, 4) is 0 Å². The lowest BCUT2D eigenvalue weighted by atomic mass is 10.2. The van der Waals surface area contributed by atoms with Crippen LogP contribution in [0.25, 0.3) is 10.9 Å². The molecule has 0 N–H and O–H groups in total. The molecule has 0 saturated carbocycles. The fourth-order valence-corrected chi connectivity index (χ4v) is 4.14. The van der Waals surface area contributed by atoms with Gasteiger partial charge in [-0.15, -0.1) is 5.10 Å². The molecule has 166 valence electrons. The monoisotopic (exact) mass is 435 g/mol. The molecule has 0 unspecified atom stereocenters. The summed E-state index contributed by atoms with van der Waals surface area (Å²) in [5, 5.41) is 8.97. The molecule has 4 heterocycles. The molecule has 1 amide bonds. The van der Waals surface area contributed by atoms with E-state index in [1.807, 2.05) is 6.07 Å². The Kier molecular flexibility index (Phi) is 5.68. The topological polar surface area (TPSA) is 96.7 Å². The second kappa shape index (κ2) is 8.91. The van der Waals surface area contributed by atoms with Gasteiger partial charge in [0.25, 0.3) is 5.56 Å². The molecule has 0 aliphatic carbocycles. The van der Waals surface area contributed by atoms with Crippen molar-refractivity contribution in [3.63, 3.8) is 0 Å². The molecule has 10 nitrogen and oxygen atoms in total. The molecule has 2 aromatic heterocycles. The minimum absolute atomic E-state index is 0.00530. The zero-order valence-electron chi connectivity index (χ0n) is 17.8. The van der Waals surface area contributed by atoms with Gasteiger partial charge in [0.2, 0.25) is 5.91 Å². The van der Waals surface area contributed by atoms with E-state index in [9.17, 15) is 9.59 Å². The highest BCUT2D eigenvalue weighted by atomic mass is 16.5. The molecule has 32 heavy (non-hydrogen) atoms. The standard InChI is InChI=1S/C22H25N7O3/c30-21(15-29-16-23-19-4-2-1-3-18(19)22(29)31)28-7-5-26(6-8-28)17-13-20(25-24-14-17)27-9-11-32-12-10-27/h1-4,13-14,16H,5-12,15H2. The Labute approximate surface area is 185 Å². The van der Waals surface area contributed by atoms with Gasteiger partial charge in [-0.2, -0.15) is 5.10 Å². The van der Waals surface area contributed by atoms with E-state index >= 15 is 0 Å². The van der Waals surface area contributed by atoms with Crippen LogP contribution in [0, 0.1) is 0 Å². The summed E-state index contributed by atoms with van der Waals surface area (Å²) >= 11 is 0. The quantitative estimate of drug-likeness (QED) is 0.580. The molecule has 0 radical (unpaired) electrons. The number of morpholine rings is 1. The summed E-state index contributed by atoms with van der Waals surface area (Å²) in [5.41, 5.74) is 1.45. The molecule has 3 aromatic rings. The number of carbonyl (C=O) groups is 1. The van der Waals surface area contributed by atoms with Crippen molar-refractivity contribution in [2.45, 2.75) is 6.54 Å². The van der Waals surface area contributed by atoms with Crippen LogP contribution in [-0.2, 0) is 16.1 Å². The van der Waals surface area contributed by atoms with Gasteiger partial charge < -0.3 is 19.4 Å². The summed E-state index contributed by atoms with van der Waals surface area (Å²) in [6, 6.07) is 9.22. The van der Waals surface area contributed by atoms with E-state index in [0.717, 1.165) is 24.6 Å². The summed E-state index contributed by atoms with van der Waals surface area (Å²) in [7, 11) is 0. The van der Waals surface area contributed by atoms with Crippen molar-refractivity contribution in [1.29, 1.82) is 0 Å². The molecule has 0 spiro atoms. The fraction of sp³-hybridized carbons (Fsp3) is 0.409. The molecule has 5 rings (SSSR count). The second-order valence-corrected chi connectivity index (χ2v) is 7.93. The molecule has 0 atom stereocenters. The summed E-state index contributed by atoms with van der Waals surface area (Å²) in [4.78, 5) is 36.0. The van der Waals surface area contributed by atoms with Crippen molar-refractivity contribution >= 4 is 28.3 Å². The van der Waals surface area contributed by atoms with Gasteiger partial charge in [0.1, 0.15) is 6.54 Å². The predicted molar refractivity (Wildman–Crippen MR) is 120 cm³/mol. The summed E-state index contributed by atoms with van der Waals surface area (Å²) in [6.07, 6.45) is 3.22. The third kappa shape index (κ3) is 4.13. The molecular weight excluding hydrogens is 410 g/mol. The first-order valence-electron chi connectivity index (χ1n) is 10.8. The smallest absolute Gasteiger partial charge is 0.261 e. The van der Waals surface area contributed by atoms with E-state index in [4.69, 9.17) is 4.74 Å². The number of para-hydroxylation sites is 1. The average Bonchev–Trinajstić information content (AvgIpc) is 2.86. The highest BCUT2D eigenvalue weighted by Gasteiger charge is 2.23. The van der Waals surface area contributed by atoms with Crippen molar-refractivity contribution < 1.29 is 9.53 Å². The van der Waals surface area contributed by atoms with Crippen molar-refractivity contribution in [3.05, 3.63) is 53.2 Å². The van der Waals surface area contributed by atoms with Gasteiger partial charge in [0.05, 0.1) is 42.3 Å². The van der Waals surface area contributed by atoms with Gasteiger partial charge in [0, 0.05) is 45.3 Å². The first kappa shape index (κ1) is 20.4. The Morgan fingerprint density at radius 1 is 1.00 bits per heavy atom. The number of aromatic nitrogens is 4. The number of carbonyl (C=O) groups excluding carboxylic acids is 1. The maximum atomic E-state index is 12.8. The van der Waals surface area contributed by atoms with Gasteiger partial charge in [-0.05, 0) is 12.1 Å². The van der Waals surface area contributed by atoms with Gasteiger partial charge in [-0.25, -0.2) is 4.98 Å². The molecular formula is C22H25N7O3. The average molecular weight is 435 g/mol. The first-order valence-corrected chi connectivity index (χ1v) is 10.8. The van der Waals surface area contributed by atoms with Crippen LogP contribution in [0.2, 0.25) is 0 Å². The van der Waals surface area contributed by atoms with E-state index < -0.39 is 0 Å². The molecule has 1 aromatic carbocycles. The van der Waals surface area contributed by atoms with Crippen LogP contribution < -0.4 is 15.4 Å². The van der Waals surface area contributed by atoms with Crippen LogP contribution in [0.3, 0.4) is 0 Å². The largest absolute Gasteiger partial charge is 0.378 e. The Hall–Kier alpha value is -3.53. The second-order valence-electron chi connectivity index (χ2n) is 7.93. The van der Waals surface area contributed by atoms with Crippen LogP contribution in [0.5, 0.6) is 0 Å². The minimum Gasteiger partial charge on any atom is -0.378 e. The van der Waals surface area contributed by atoms with Gasteiger partial charge in [-0.3, -0.25) is 14.2 Å². The number of hydrogen-bond acceptors (Lipinski definition) is 8. The number of fused-ring (bicyclic) bond motifs is 1. The third-order valence-corrected chi connectivity index (χ3v) is 6.00. The Balaban J connectivity index is 1.22. The van der Waals surface area contributed by atoms with Crippen LogP contribution >= 0.6 is 0 Å². The lowest BCUT2D eigenvalue weighted by Crippen LogP contribution is -2.50.